The first-order chi connectivity index (χ1) is 10.2. The third-order valence-corrected chi connectivity index (χ3v) is 5.53. The summed E-state index contributed by atoms with van der Waals surface area (Å²) in [5, 5.41) is 0. The normalized spacial score (nSPS) is 29.3. The first-order valence-corrected chi connectivity index (χ1v) is 8.52. The van der Waals surface area contributed by atoms with Crippen molar-refractivity contribution in [3.05, 3.63) is 35.9 Å². The predicted octanol–water partition coefficient (Wildman–Crippen LogP) is 3.84. The highest BCUT2D eigenvalue weighted by Gasteiger charge is 2.38. The molecule has 21 heavy (non-hydrogen) atoms. The molecule has 0 saturated carbocycles. The molecule has 2 heteroatoms. The van der Waals surface area contributed by atoms with E-state index in [1.54, 1.807) is 0 Å². The van der Waals surface area contributed by atoms with Crippen LogP contribution < -0.4 is 0 Å². The number of hydrogen-bond donors (Lipinski definition) is 0. The van der Waals surface area contributed by atoms with Crippen LogP contribution >= 0.6 is 0 Å². The Hall–Kier alpha value is -1.15. The number of Topliss-reactive ketones (excluding diaryl/α,β-unsaturated/α-hetero) is 1. The number of carbonyl (C=O) groups excluding carboxylic acids is 1. The molecule has 1 aromatic rings. The lowest BCUT2D eigenvalue weighted by molar-refractivity contribution is -0.126. The summed E-state index contributed by atoms with van der Waals surface area (Å²) in [5.74, 6) is 0.864. The SMILES string of the molecule is CN1C2CCCC1CC(C(=O)CCCc1ccccc1)C2. The number of piperidine rings is 2. The Morgan fingerprint density at radius 1 is 1.14 bits per heavy atom. The van der Waals surface area contributed by atoms with Gasteiger partial charge in [-0.25, -0.2) is 0 Å². The minimum atomic E-state index is 0.340. The van der Waals surface area contributed by atoms with E-state index in [1.165, 1.54) is 24.8 Å². The molecule has 0 aliphatic carbocycles. The van der Waals surface area contributed by atoms with Gasteiger partial charge in [0.1, 0.15) is 5.78 Å². The van der Waals surface area contributed by atoms with Crippen molar-refractivity contribution in [2.75, 3.05) is 7.05 Å². The van der Waals surface area contributed by atoms with Crippen molar-refractivity contribution in [1.82, 2.24) is 4.90 Å². The van der Waals surface area contributed by atoms with Crippen LogP contribution in [0.3, 0.4) is 0 Å². The number of hydrogen-bond acceptors (Lipinski definition) is 2. The van der Waals surface area contributed by atoms with E-state index < -0.39 is 0 Å². The zero-order valence-corrected chi connectivity index (χ0v) is 13.1. The van der Waals surface area contributed by atoms with Crippen LogP contribution in [0.5, 0.6) is 0 Å². The molecule has 0 amide bonds. The van der Waals surface area contributed by atoms with E-state index in [2.05, 4.69) is 36.2 Å². The molecule has 2 nitrogen and oxygen atoms in total. The van der Waals surface area contributed by atoms with Gasteiger partial charge in [-0.2, -0.15) is 0 Å². The molecule has 0 aromatic heterocycles. The second kappa shape index (κ2) is 6.74. The van der Waals surface area contributed by atoms with Crippen LogP contribution in [0.2, 0.25) is 0 Å². The summed E-state index contributed by atoms with van der Waals surface area (Å²) in [6, 6.07) is 11.9. The van der Waals surface area contributed by atoms with Crippen molar-refractivity contribution < 1.29 is 4.79 Å². The first kappa shape index (κ1) is 14.8. The molecule has 2 aliphatic heterocycles. The summed E-state index contributed by atoms with van der Waals surface area (Å²) in [4.78, 5) is 15.0. The topological polar surface area (TPSA) is 20.3 Å². The summed E-state index contributed by atoms with van der Waals surface area (Å²) in [5.41, 5.74) is 1.35. The molecule has 2 fully saturated rings. The quantitative estimate of drug-likeness (QED) is 0.819. The largest absolute Gasteiger partial charge is 0.300 e. The summed E-state index contributed by atoms with van der Waals surface area (Å²) < 4.78 is 0. The van der Waals surface area contributed by atoms with Gasteiger partial charge < -0.3 is 4.90 Å². The fourth-order valence-corrected chi connectivity index (χ4v) is 4.19. The highest BCUT2D eigenvalue weighted by Crippen LogP contribution is 2.36. The van der Waals surface area contributed by atoms with E-state index in [0.29, 0.717) is 23.8 Å². The second-order valence-corrected chi connectivity index (χ2v) is 6.88. The number of carbonyl (C=O) groups is 1. The van der Waals surface area contributed by atoms with Crippen LogP contribution in [-0.4, -0.2) is 29.8 Å². The number of ketones is 1. The van der Waals surface area contributed by atoms with E-state index in [0.717, 1.165) is 32.1 Å². The van der Waals surface area contributed by atoms with Crippen molar-refractivity contribution in [3.8, 4) is 0 Å². The Kier molecular flexibility index (Phi) is 4.74. The fraction of sp³-hybridized carbons (Fsp3) is 0.632. The van der Waals surface area contributed by atoms with Gasteiger partial charge in [-0.15, -0.1) is 0 Å². The van der Waals surface area contributed by atoms with Crippen molar-refractivity contribution in [1.29, 1.82) is 0 Å². The van der Waals surface area contributed by atoms with Gasteiger partial charge in [-0.05, 0) is 51.1 Å². The highest BCUT2D eigenvalue weighted by atomic mass is 16.1. The average Bonchev–Trinajstić information content (AvgIpc) is 2.48. The molecule has 2 bridgehead atoms. The van der Waals surface area contributed by atoms with Crippen molar-refractivity contribution in [3.63, 3.8) is 0 Å². The molecule has 0 radical (unpaired) electrons. The molecule has 1 aromatic carbocycles. The van der Waals surface area contributed by atoms with E-state index in [-0.39, 0.29) is 0 Å². The Labute approximate surface area is 128 Å². The number of rotatable bonds is 5. The Morgan fingerprint density at radius 3 is 2.48 bits per heavy atom. The third kappa shape index (κ3) is 3.55. The minimum absolute atomic E-state index is 0.340. The fourth-order valence-electron chi connectivity index (χ4n) is 4.19. The summed E-state index contributed by atoms with van der Waals surface area (Å²) in [6.45, 7) is 0. The van der Waals surface area contributed by atoms with Gasteiger partial charge in [-0.3, -0.25) is 4.79 Å². The van der Waals surface area contributed by atoms with Gasteiger partial charge in [0.25, 0.3) is 0 Å². The van der Waals surface area contributed by atoms with Gasteiger partial charge in [0.05, 0.1) is 0 Å². The number of nitrogens with zero attached hydrogens (tertiary/aromatic N) is 1. The van der Waals surface area contributed by atoms with Gasteiger partial charge in [0.15, 0.2) is 0 Å². The summed E-state index contributed by atoms with van der Waals surface area (Å²) >= 11 is 0. The van der Waals surface area contributed by atoms with Crippen LogP contribution in [0.1, 0.15) is 50.5 Å². The lowest BCUT2D eigenvalue weighted by atomic mass is 9.76. The van der Waals surface area contributed by atoms with Crippen LogP contribution in [0.15, 0.2) is 30.3 Å². The molecule has 0 spiro atoms. The van der Waals surface area contributed by atoms with Gasteiger partial charge >= 0.3 is 0 Å². The Bertz CT molecular complexity index is 456. The third-order valence-electron chi connectivity index (χ3n) is 5.53. The maximum atomic E-state index is 12.5. The van der Waals surface area contributed by atoms with Crippen molar-refractivity contribution in [2.24, 2.45) is 5.92 Å². The molecule has 2 aliphatic rings. The molecule has 2 heterocycles. The van der Waals surface area contributed by atoms with Crippen molar-refractivity contribution >= 4 is 5.78 Å². The smallest absolute Gasteiger partial charge is 0.136 e. The maximum Gasteiger partial charge on any atom is 0.136 e. The van der Waals surface area contributed by atoms with Gasteiger partial charge in [0.2, 0.25) is 0 Å². The average molecular weight is 285 g/mol. The zero-order valence-electron chi connectivity index (χ0n) is 13.1. The van der Waals surface area contributed by atoms with E-state index in [9.17, 15) is 4.79 Å². The number of aryl methyl sites for hydroxylation is 1. The number of fused-ring (bicyclic) bond motifs is 2. The highest BCUT2D eigenvalue weighted by molar-refractivity contribution is 5.81. The van der Waals surface area contributed by atoms with E-state index >= 15 is 0 Å². The molecule has 2 unspecified atom stereocenters. The van der Waals surface area contributed by atoms with Crippen LogP contribution in [0.25, 0.3) is 0 Å². The summed E-state index contributed by atoms with van der Waals surface area (Å²) in [7, 11) is 2.25. The Balaban J connectivity index is 1.47. The molecular weight excluding hydrogens is 258 g/mol. The van der Waals surface area contributed by atoms with Gasteiger partial charge in [0, 0.05) is 24.4 Å². The lowest BCUT2D eigenvalue weighted by Crippen LogP contribution is -2.51. The van der Waals surface area contributed by atoms with Crippen LogP contribution in [0.4, 0.5) is 0 Å². The first-order valence-electron chi connectivity index (χ1n) is 8.52. The second-order valence-electron chi connectivity index (χ2n) is 6.88. The molecule has 3 rings (SSSR count). The monoisotopic (exact) mass is 285 g/mol. The van der Waals surface area contributed by atoms with Crippen molar-refractivity contribution in [2.45, 2.75) is 63.5 Å². The summed E-state index contributed by atoms with van der Waals surface area (Å²) in [6.07, 6.45) is 8.96. The Morgan fingerprint density at radius 2 is 1.81 bits per heavy atom. The molecule has 2 saturated heterocycles. The zero-order chi connectivity index (χ0) is 14.7. The molecular formula is C19H27NO. The molecule has 2 atom stereocenters. The minimum Gasteiger partial charge on any atom is -0.300 e. The number of benzene rings is 1. The van der Waals surface area contributed by atoms with Crippen LogP contribution in [-0.2, 0) is 11.2 Å². The predicted molar refractivity (Wildman–Crippen MR) is 86.3 cm³/mol. The lowest BCUT2D eigenvalue weighted by Gasteiger charge is -2.46. The molecule has 114 valence electrons. The van der Waals surface area contributed by atoms with Crippen LogP contribution in [0, 0.1) is 5.92 Å². The molecule has 0 N–H and O–H groups in total. The maximum absolute atomic E-state index is 12.5. The standard InChI is InChI=1S/C19H27NO/c1-20-17-10-6-11-18(20)14-16(13-17)19(21)12-5-9-15-7-3-2-4-8-15/h2-4,7-8,16-18H,5-6,9-14H2,1H3. The van der Waals surface area contributed by atoms with E-state index in [4.69, 9.17) is 0 Å². The van der Waals surface area contributed by atoms with Gasteiger partial charge in [-0.1, -0.05) is 36.8 Å². The van der Waals surface area contributed by atoms with E-state index in [1.807, 2.05) is 6.07 Å².